The standard InChI is InChI=1S/C9H18NO2.ClH/c1-6-7-9(11)12-8(2)10(3,4)5;/h6-8H,1-5H3;1H/q+1;/p-1. The summed E-state index contributed by atoms with van der Waals surface area (Å²) in [6, 6.07) is 0. The van der Waals surface area contributed by atoms with Gasteiger partial charge in [0.05, 0.1) is 21.1 Å². The van der Waals surface area contributed by atoms with E-state index < -0.39 is 0 Å². The third kappa shape index (κ3) is 6.61. The summed E-state index contributed by atoms with van der Waals surface area (Å²) in [7, 11) is 5.94. The zero-order valence-electron chi connectivity index (χ0n) is 8.87. The minimum atomic E-state index is -0.280. The second-order valence-corrected chi connectivity index (χ2v) is 3.65. The van der Waals surface area contributed by atoms with Crippen LogP contribution in [0.2, 0.25) is 0 Å². The van der Waals surface area contributed by atoms with E-state index in [0.717, 1.165) is 0 Å². The van der Waals surface area contributed by atoms with Crippen LogP contribution in [0, 0.1) is 0 Å². The highest BCUT2D eigenvalue weighted by atomic mass is 35.5. The number of carbonyl (C=O) groups is 1. The van der Waals surface area contributed by atoms with Crippen LogP contribution in [0.15, 0.2) is 12.2 Å². The Morgan fingerprint density at radius 3 is 2.15 bits per heavy atom. The number of carbonyl (C=O) groups excluding carboxylic acids is 1. The molecular weight excluding hydrogens is 190 g/mol. The van der Waals surface area contributed by atoms with Crippen LogP contribution >= 0.6 is 0 Å². The molecule has 0 amide bonds. The smallest absolute Gasteiger partial charge is 0.334 e. The summed E-state index contributed by atoms with van der Waals surface area (Å²) in [4.78, 5) is 11.0. The van der Waals surface area contributed by atoms with Crippen LogP contribution in [0.5, 0.6) is 0 Å². The van der Waals surface area contributed by atoms with Crippen LogP contribution in [-0.2, 0) is 9.53 Å². The van der Waals surface area contributed by atoms with Crippen LogP contribution in [-0.4, -0.2) is 37.8 Å². The zero-order chi connectivity index (χ0) is 9.78. The third-order valence-electron chi connectivity index (χ3n) is 1.68. The molecule has 0 aliphatic carbocycles. The van der Waals surface area contributed by atoms with E-state index in [1.165, 1.54) is 6.08 Å². The van der Waals surface area contributed by atoms with Gasteiger partial charge in [0, 0.05) is 13.0 Å². The van der Waals surface area contributed by atoms with Gasteiger partial charge in [-0.1, -0.05) is 6.08 Å². The molecule has 0 heterocycles. The molecule has 1 unspecified atom stereocenters. The maximum absolute atomic E-state index is 11.0. The van der Waals surface area contributed by atoms with E-state index in [1.54, 1.807) is 13.0 Å². The van der Waals surface area contributed by atoms with Crippen molar-refractivity contribution in [3.05, 3.63) is 12.2 Å². The van der Waals surface area contributed by atoms with Gasteiger partial charge in [0.15, 0.2) is 0 Å². The minimum Gasteiger partial charge on any atom is -1.00 e. The number of hydrogen-bond donors (Lipinski definition) is 0. The van der Waals surface area contributed by atoms with Crippen molar-refractivity contribution in [1.29, 1.82) is 0 Å². The molecule has 0 spiro atoms. The van der Waals surface area contributed by atoms with E-state index in [4.69, 9.17) is 4.74 Å². The Morgan fingerprint density at radius 2 is 1.85 bits per heavy atom. The largest absolute Gasteiger partial charge is 1.00 e. The third-order valence-corrected chi connectivity index (χ3v) is 1.68. The lowest BCUT2D eigenvalue weighted by molar-refractivity contribution is -0.914. The molecule has 4 heteroatoms. The fourth-order valence-corrected chi connectivity index (χ4v) is 0.502. The number of allylic oxidation sites excluding steroid dienone is 1. The molecule has 0 rings (SSSR count). The van der Waals surface area contributed by atoms with E-state index in [9.17, 15) is 4.79 Å². The van der Waals surface area contributed by atoms with Gasteiger partial charge in [0.25, 0.3) is 0 Å². The van der Waals surface area contributed by atoms with E-state index in [0.29, 0.717) is 4.48 Å². The summed E-state index contributed by atoms with van der Waals surface area (Å²) in [5.74, 6) is -0.280. The van der Waals surface area contributed by atoms with Gasteiger partial charge in [-0.15, -0.1) is 0 Å². The molecule has 0 aliphatic heterocycles. The van der Waals surface area contributed by atoms with Crippen molar-refractivity contribution in [2.24, 2.45) is 0 Å². The predicted octanol–water partition coefficient (Wildman–Crippen LogP) is -1.84. The van der Waals surface area contributed by atoms with Gasteiger partial charge in [-0.2, -0.15) is 0 Å². The molecule has 78 valence electrons. The normalized spacial score (nSPS) is 13.6. The molecule has 0 aromatic heterocycles. The molecule has 0 bridgehead atoms. The molecule has 0 radical (unpaired) electrons. The van der Waals surface area contributed by atoms with Crippen molar-refractivity contribution in [2.45, 2.75) is 20.1 Å². The van der Waals surface area contributed by atoms with Gasteiger partial charge in [-0.3, -0.25) is 4.48 Å². The molecule has 13 heavy (non-hydrogen) atoms. The molecule has 3 nitrogen and oxygen atoms in total. The van der Waals surface area contributed by atoms with Gasteiger partial charge in [-0.25, -0.2) is 4.79 Å². The summed E-state index contributed by atoms with van der Waals surface area (Å²) >= 11 is 0. The molecule has 0 saturated heterocycles. The maximum Gasteiger partial charge on any atom is 0.334 e. The molecule has 1 atom stereocenters. The first-order valence-electron chi connectivity index (χ1n) is 4.02. The Balaban J connectivity index is 0. The number of esters is 1. The number of nitrogens with zero attached hydrogens (tertiary/aromatic N) is 1. The predicted molar refractivity (Wildman–Crippen MR) is 48.4 cm³/mol. The molecule has 0 saturated carbocycles. The summed E-state index contributed by atoms with van der Waals surface area (Å²) < 4.78 is 5.72. The van der Waals surface area contributed by atoms with Crippen LogP contribution in [0.25, 0.3) is 0 Å². The lowest BCUT2D eigenvalue weighted by Crippen LogP contribution is -3.00. The quantitative estimate of drug-likeness (QED) is 0.235. The van der Waals surface area contributed by atoms with Crippen molar-refractivity contribution >= 4 is 5.97 Å². The van der Waals surface area contributed by atoms with Crippen molar-refractivity contribution in [1.82, 2.24) is 0 Å². The van der Waals surface area contributed by atoms with Crippen LogP contribution in [0.1, 0.15) is 13.8 Å². The van der Waals surface area contributed by atoms with Crippen LogP contribution in [0.4, 0.5) is 0 Å². The average molecular weight is 208 g/mol. The Labute approximate surface area is 86.4 Å². The Morgan fingerprint density at radius 1 is 1.38 bits per heavy atom. The minimum absolute atomic E-state index is 0. The number of quaternary nitrogens is 1. The molecule has 0 aromatic rings. The highest BCUT2D eigenvalue weighted by Crippen LogP contribution is 2.03. The highest BCUT2D eigenvalue weighted by Gasteiger charge is 2.20. The number of hydrogen-bond acceptors (Lipinski definition) is 2. The fraction of sp³-hybridized carbons (Fsp3) is 0.667. The number of ether oxygens (including phenoxy) is 1. The lowest BCUT2D eigenvalue weighted by atomic mass is 10.5. The summed E-state index contributed by atoms with van der Waals surface area (Å²) in [6.45, 7) is 3.67. The zero-order valence-corrected chi connectivity index (χ0v) is 9.63. The highest BCUT2D eigenvalue weighted by molar-refractivity contribution is 5.81. The van der Waals surface area contributed by atoms with Gasteiger partial charge in [0.1, 0.15) is 0 Å². The lowest BCUT2D eigenvalue weighted by Gasteiger charge is -2.30. The molecular formula is C9H18ClNO2. The molecule has 0 N–H and O–H groups in total. The first-order chi connectivity index (χ1) is 5.38. The monoisotopic (exact) mass is 207 g/mol. The van der Waals surface area contributed by atoms with Crippen molar-refractivity contribution in [3.8, 4) is 0 Å². The Bertz CT molecular complexity index is 185. The summed E-state index contributed by atoms with van der Waals surface area (Å²) in [5.41, 5.74) is 0. The number of halogens is 1. The van der Waals surface area contributed by atoms with Gasteiger partial charge in [-0.05, 0) is 6.92 Å². The van der Waals surface area contributed by atoms with Gasteiger partial charge in [0.2, 0.25) is 6.23 Å². The van der Waals surface area contributed by atoms with Crippen LogP contribution < -0.4 is 12.4 Å². The number of rotatable bonds is 3. The van der Waals surface area contributed by atoms with Gasteiger partial charge < -0.3 is 17.1 Å². The van der Waals surface area contributed by atoms with E-state index in [2.05, 4.69) is 0 Å². The molecule has 0 fully saturated rings. The van der Waals surface area contributed by atoms with Crippen molar-refractivity contribution < 1.29 is 26.4 Å². The van der Waals surface area contributed by atoms with E-state index in [1.807, 2.05) is 28.1 Å². The van der Waals surface area contributed by atoms with E-state index >= 15 is 0 Å². The Kier molecular flexibility index (Phi) is 6.90. The van der Waals surface area contributed by atoms with E-state index in [-0.39, 0.29) is 24.6 Å². The first-order valence-corrected chi connectivity index (χ1v) is 4.02. The Hall–Kier alpha value is -0.540. The fourth-order valence-electron chi connectivity index (χ4n) is 0.502. The van der Waals surface area contributed by atoms with Crippen LogP contribution in [0.3, 0.4) is 0 Å². The maximum atomic E-state index is 11.0. The second-order valence-electron chi connectivity index (χ2n) is 3.65. The van der Waals surface area contributed by atoms with Crippen molar-refractivity contribution in [2.75, 3.05) is 21.1 Å². The summed E-state index contributed by atoms with van der Waals surface area (Å²) in [6.07, 6.45) is 2.98. The molecule has 0 aromatic carbocycles. The summed E-state index contributed by atoms with van der Waals surface area (Å²) in [5, 5.41) is 0. The average Bonchev–Trinajstić information content (AvgIpc) is 1.85. The van der Waals surface area contributed by atoms with Crippen molar-refractivity contribution in [3.63, 3.8) is 0 Å². The molecule has 0 aliphatic rings. The topological polar surface area (TPSA) is 26.3 Å². The van der Waals surface area contributed by atoms with Gasteiger partial charge >= 0.3 is 5.97 Å². The SMILES string of the molecule is CC=CC(=O)OC(C)[N+](C)(C)C.[Cl-]. The first kappa shape index (κ1) is 15.0. The second kappa shape index (κ2) is 6.00.